The summed E-state index contributed by atoms with van der Waals surface area (Å²) in [5, 5.41) is 18.2. The number of carboxylic acids is 2. The van der Waals surface area contributed by atoms with Crippen LogP contribution in [0.2, 0.25) is 0 Å². The molecule has 0 rings (SSSR count). The van der Waals surface area contributed by atoms with E-state index in [4.69, 9.17) is 14.6 Å². The number of hydrogen-bond acceptors (Lipinski definition) is 6. The third-order valence-corrected chi connectivity index (χ3v) is 3.20. The lowest BCUT2D eigenvalue weighted by molar-refractivity contribution is -0.168. The zero-order chi connectivity index (χ0) is 17.9. The van der Waals surface area contributed by atoms with E-state index in [0.717, 1.165) is 0 Å². The fourth-order valence-corrected chi connectivity index (χ4v) is 1.75. The van der Waals surface area contributed by atoms with Crippen molar-refractivity contribution in [3.63, 3.8) is 0 Å². The van der Waals surface area contributed by atoms with E-state index in [0.29, 0.717) is 12.8 Å². The van der Waals surface area contributed by atoms with Gasteiger partial charge in [0.25, 0.3) is 0 Å². The third kappa shape index (κ3) is 8.18. The zero-order valence-corrected chi connectivity index (χ0v) is 13.5. The molecule has 0 bridgehead atoms. The minimum atomic E-state index is -1.76. The van der Waals surface area contributed by atoms with E-state index < -0.39 is 48.9 Å². The summed E-state index contributed by atoms with van der Waals surface area (Å²) >= 11 is 0. The number of carbonyl (C=O) groups excluding carboxylic acids is 2. The lowest BCUT2D eigenvalue weighted by Crippen LogP contribution is -2.42. The highest BCUT2D eigenvalue weighted by Crippen LogP contribution is 2.26. The van der Waals surface area contributed by atoms with Crippen molar-refractivity contribution >= 4 is 23.9 Å². The minimum absolute atomic E-state index is 0.129. The average molecular weight is 332 g/mol. The van der Waals surface area contributed by atoms with Gasteiger partial charge in [0.15, 0.2) is 0 Å². The molecule has 0 aromatic heterocycles. The standard InChI is InChI=1S/C15H24O8/c1-3-5-12(18)22-9-15(14(20)21,8-7-11(16)17)10-23-13(19)6-4-2/h3-10H2,1-2H3,(H,16,17)(H,20,21). The van der Waals surface area contributed by atoms with Crippen molar-refractivity contribution in [2.24, 2.45) is 5.41 Å². The molecule has 0 aromatic rings. The Labute approximate surface area is 134 Å². The Morgan fingerprint density at radius 3 is 1.57 bits per heavy atom. The van der Waals surface area contributed by atoms with E-state index >= 15 is 0 Å². The molecule has 8 nitrogen and oxygen atoms in total. The monoisotopic (exact) mass is 332 g/mol. The Hall–Kier alpha value is -2.12. The summed E-state index contributed by atoms with van der Waals surface area (Å²) in [6, 6.07) is 0. The van der Waals surface area contributed by atoms with Crippen LogP contribution in [0, 0.1) is 5.41 Å². The van der Waals surface area contributed by atoms with Gasteiger partial charge in [-0.1, -0.05) is 13.8 Å². The largest absolute Gasteiger partial charge is 0.481 e. The maximum absolute atomic E-state index is 11.6. The van der Waals surface area contributed by atoms with E-state index in [1.165, 1.54) is 0 Å². The SMILES string of the molecule is CCCC(=O)OCC(CCC(=O)O)(COC(=O)CCC)C(=O)O. The molecule has 2 N–H and O–H groups in total. The lowest BCUT2D eigenvalue weighted by Gasteiger charge is -2.28. The maximum atomic E-state index is 11.6. The topological polar surface area (TPSA) is 127 Å². The molecule has 0 saturated heterocycles. The van der Waals surface area contributed by atoms with Gasteiger partial charge in [0, 0.05) is 19.3 Å². The number of rotatable bonds is 12. The number of ether oxygens (including phenoxy) is 2. The molecule has 0 atom stereocenters. The molecule has 0 amide bonds. The van der Waals surface area contributed by atoms with Crippen LogP contribution < -0.4 is 0 Å². The summed E-state index contributed by atoms with van der Waals surface area (Å²) in [6.07, 6.45) is 0.590. The fourth-order valence-electron chi connectivity index (χ4n) is 1.75. The Kier molecular flexibility index (Phi) is 9.60. The fraction of sp³-hybridized carbons (Fsp3) is 0.733. The molecule has 0 unspecified atom stereocenters. The molecular formula is C15H24O8. The highest BCUT2D eigenvalue weighted by molar-refractivity contribution is 5.78. The van der Waals surface area contributed by atoms with Gasteiger partial charge in [-0.15, -0.1) is 0 Å². The van der Waals surface area contributed by atoms with Crippen LogP contribution in [0.3, 0.4) is 0 Å². The predicted molar refractivity (Wildman–Crippen MR) is 78.7 cm³/mol. The molecule has 0 aromatic carbocycles. The van der Waals surface area contributed by atoms with E-state index in [2.05, 4.69) is 0 Å². The van der Waals surface area contributed by atoms with Gasteiger partial charge in [-0.2, -0.15) is 0 Å². The van der Waals surface area contributed by atoms with Crippen LogP contribution in [-0.2, 0) is 28.7 Å². The molecule has 132 valence electrons. The highest BCUT2D eigenvalue weighted by atomic mass is 16.6. The second-order valence-electron chi connectivity index (χ2n) is 5.30. The van der Waals surface area contributed by atoms with Gasteiger partial charge in [0.2, 0.25) is 0 Å². The third-order valence-electron chi connectivity index (χ3n) is 3.20. The Morgan fingerprint density at radius 2 is 1.26 bits per heavy atom. The van der Waals surface area contributed by atoms with Crippen molar-refractivity contribution in [1.29, 1.82) is 0 Å². The second-order valence-corrected chi connectivity index (χ2v) is 5.30. The molecule has 0 radical (unpaired) electrons. The van der Waals surface area contributed by atoms with Crippen LogP contribution in [0.1, 0.15) is 52.4 Å². The summed E-state index contributed by atoms with van der Waals surface area (Å²) in [4.78, 5) is 45.2. The van der Waals surface area contributed by atoms with Crippen LogP contribution in [0.4, 0.5) is 0 Å². The smallest absolute Gasteiger partial charge is 0.316 e. The molecule has 8 heteroatoms. The van der Waals surface area contributed by atoms with Crippen molar-refractivity contribution < 1.29 is 38.9 Å². The minimum Gasteiger partial charge on any atom is -0.481 e. The lowest BCUT2D eigenvalue weighted by atomic mass is 9.84. The molecule has 0 saturated carbocycles. The van der Waals surface area contributed by atoms with Crippen LogP contribution >= 0.6 is 0 Å². The van der Waals surface area contributed by atoms with Crippen molar-refractivity contribution in [3.05, 3.63) is 0 Å². The average Bonchev–Trinajstić information content (AvgIpc) is 2.47. The normalized spacial score (nSPS) is 10.9. The summed E-state index contributed by atoms with van der Waals surface area (Å²) < 4.78 is 9.86. The van der Waals surface area contributed by atoms with Crippen LogP contribution in [0.5, 0.6) is 0 Å². The number of hydrogen-bond donors (Lipinski definition) is 2. The van der Waals surface area contributed by atoms with E-state index in [9.17, 15) is 24.3 Å². The van der Waals surface area contributed by atoms with E-state index in [1.54, 1.807) is 13.8 Å². The number of aliphatic carboxylic acids is 2. The van der Waals surface area contributed by atoms with E-state index in [-0.39, 0.29) is 19.3 Å². The Morgan fingerprint density at radius 1 is 0.826 bits per heavy atom. The molecule has 0 fully saturated rings. The maximum Gasteiger partial charge on any atom is 0.316 e. The first kappa shape index (κ1) is 20.9. The van der Waals surface area contributed by atoms with Crippen LogP contribution in [0.25, 0.3) is 0 Å². The number of carboxylic acid groups (broad SMARTS) is 2. The van der Waals surface area contributed by atoms with Crippen molar-refractivity contribution in [1.82, 2.24) is 0 Å². The van der Waals surface area contributed by atoms with Crippen LogP contribution in [0.15, 0.2) is 0 Å². The van der Waals surface area contributed by atoms with Gasteiger partial charge < -0.3 is 19.7 Å². The van der Waals surface area contributed by atoms with Crippen molar-refractivity contribution in [3.8, 4) is 0 Å². The summed E-state index contributed by atoms with van der Waals surface area (Å²) in [5.41, 5.74) is -1.76. The summed E-state index contributed by atoms with van der Waals surface area (Å²) in [6.45, 7) is 2.47. The van der Waals surface area contributed by atoms with Crippen LogP contribution in [-0.4, -0.2) is 47.3 Å². The second kappa shape index (κ2) is 10.6. The van der Waals surface area contributed by atoms with Gasteiger partial charge in [0.05, 0.1) is 0 Å². The Balaban J connectivity index is 5.01. The molecule has 0 heterocycles. The molecule has 0 aliphatic rings. The first-order valence-corrected chi connectivity index (χ1v) is 7.53. The number of esters is 2. The predicted octanol–water partition coefficient (Wildman–Crippen LogP) is 1.61. The first-order chi connectivity index (χ1) is 10.8. The summed E-state index contributed by atoms with van der Waals surface area (Å²) in [5.74, 6) is -3.70. The van der Waals surface area contributed by atoms with E-state index in [1.807, 2.05) is 0 Å². The molecular weight excluding hydrogens is 308 g/mol. The molecule has 0 aliphatic carbocycles. The molecule has 0 aliphatic heterocycles. The van der Waals surface area contributed by atoms with Gasteiger partial charge in [-0.3, -0.25) is 19.2 Å². The van der Waals surface area contributed by atoms with Gasteiger partial charge in [0.1, 0.15) is 18.6 Å². The highest BCUT2D eigenvalue weighted by Gasteiger charge is 2.42. The first-order valence-electron chi connectivity index (χ1n) is 7.53. The van der Waals surface area contributed by atoms with Crippen molar-refractivity contribution in [2.75, 3.05) is 13.2 Å². The number of carbonyl (C=O) groups is 4. The van der Waals surface area contributed by atoms with Gasteiger partial charge in [-0.25, -0.2) is 0 Å². The van der Waals surface area contributed by atoms with Gasteiger partial charge in [-0.05, 0) is 19.3 Å². The zero-order valence-electron chi connectivity index (χ0n) is 13.5. The Bertz CT molecular complexity index is 407. The van der Waals surface area contributed by atoms with Gasteiger partial charge >= 0.3 is 23.9 Å². The molecule has 0 spiro atoms. The van der Waals surface area contributed by atoms with Crippen molar-refractivity contribution in [2.45, 2.75) is 52.4 Å². The summed E-state index contributed by atoms with van der Waals surface area (Å²) in [7, 11) is 0. The quantitative estimate of drug-likeness (QED) is 0.516. The molecule has 23 heavy (non-hydrogen) atoms.